The van der Waals surface area contributed by atoms with Crippen LogP contribution < -0.4 is 14.8 Å². The highest BCUT2D eigenvalue weighted by Crippen LogP contribution is 2.27. The van der Waals surface area contributed by atoms with Gasteiger partial charge in [-0.1, -0.05) is 12.1 Å². The van der Waals surface area contributed by atoms with Crippen LogP contribution in [-0.4, -0.2) is 19.3 Å². The molecule has 2 N–H and O–H groups in total. The standard InChI is InChI=1S/C17H21NO3/c1-11-5-13(6-12(2)17(11)19)10-18-14-7-15(20-3)9-16(8-14)21-4/h5-9,18-19H,10H2,1-4H3. The summed E-state index contributed by atoms with van der Waals surface area (Å²) in [4.78, 5) is 0. The van der Waals surface area contributed by atoms with Crippen LogP contribution in [0.5, 0.6) is 17.2 Å². The molecule has 2 rings (SSSR count). The molecule has 0 amide bonds. The molecule has 0 aliphatic rings. The molecule has 0 spiro atoms. The Morgan fingerprint density at radius 2 is 1.43 bits per heavy atom. The van der Waals surface area contributed by atoms with E-state index in [4.69, 9.17) is 9.47 Å². The monoisotopic (exact) mass is 287 g/mol. The number of hydrogen-bond donors (Lipinski definition) is 2. The van der Waals surface area contributed by atoms with Gasteiger partial charge in [0.15, 0.2) is 0 Å². The number of methoxy groups -OCH3 is 2. The highest BCUT2D eigenvalue weighted by molar-refractivity contribution is 5.54. The molecule has 0 aromatic heterocycles. The zero-order valence-corrected chi connectivity index (χ0v) is 12.9. The van der Waals surface area contributed by atoms with Crippen molar-refractivity contribution in [3.8, 4) is 17.2 Å². The first-order valence-corrected chi connectivity index (χ1v) is 6.79. The number of phenols is 1. The third-order valence-electron chi connectivity index (χ3n) is 3.40. The smallest absolute Gasteiger partial charge is 0.124 e. The number of rotatable bonds is 5. The largest absolute Gasteiger partial charge is 0.507 e. The highest BCUT2D eigenvalue weighted by atomic mass is 16.5. The maximum Gasteiger partial charge on any atom is 0.124 e. The first-order chi connectivity index (χ1) is 10.0. The lowest BCUT2D eigenvalue weighted by molar-refractivity contribution is 0.394. The fourth-order valence-electron chi connectivity index (χ4n) is 2.26. The van der Waals surface area contributed by atoms with Crippen molar-refractivity contribution in [3.05, 3.63) is 47.0 Å². The summed E-state index contributed by atoms with van der Waals surface area (Å²) < 4.78 is 10.5. The molecule has 21 heavy (non-hydrogen) atoms. The van der Waals surface area contributed by atoms with E-state index in [1.807, 2.05) is 44.2 Å². The first-order valence-electron chi connectivity index (χ1n) is 6.79. The molecule has 0 saturated heterocycles. The van der Waals surface area contributed by atoms with Gasteiger partial charge < -0.3 is 19.9 Å². The van der Waals surface area contributed by atoms with E-state index in [2.05, 4.69) is 5.32 Å². The molecule has 0 radical (unpaired) electrons. The summed E-state index contributed by atoms with van der Waals surface area (Å²) in [7, 11) is 3.26. The van der Waals surface area contributed by atoms with E-state index < -0.39 is 0 Å². The van der Waals surface area contributed by atoms with Crippen molar-refractivity contribution in [1.82, 2.24) is 0 Å². The van der Waals surface area contributed by atoms with Gasteiger partial charge in [0.25, 0.3) is 0 Å². The third-order valence-corrected chi connectivity index (χ3v) is 3.40. The van der Waals surface area contributed by atoms with Crippen molar-refractivity contribution in [2.45, 2.75) is 20.4 Å². The van der Waals surface area contributed by atoms with Gasteiger partial charge >= 0.3 is 0 Å². The molecule has 0 heterocycles. The summed E-state index contributed by atoms with van der Waals surface area (Å²) >= 11 is 0. The predicted octanol–water partition coefficient (Wildman–Crippen LogP) is 3.64. The summed E-state index contributed by atoms with van der Waals surface area (Å²) in [6.07, 6.45) is 0. The van der Waals surface area contributed by atoms with E-state index in [0.717, 1.165) is 33.9 Å². The van der Waals surface area contributed by atoms with Gasteiger partial charge in [-0.3, -0.25) is 0 Å². The molecule has 0 fully saturated rings. The fourth-order valence-corrected chi connectivity index (χ4v) is 2.26. The van der Waals surface area contributed by atoms with Crippen molar-refractivity contribution >= 4 is 5.69 Å². The van der Waals surface area contributed by atoms with Crippen LogP contribution in [0, 0.1) is 13.8 Å². The number of benzene rings is 2. The molecule has 112 valence electrons. The second-order valence-electron chi connectivity index (χ2n) is 5.03. The Bertz CT molecular complexity index is 593. The highest BCUT2D eigenvalue weighted by Gasteiger charge is 2.05. The second-order valence-corrected chi connectivity index (χ2v) is 5.03. The van der Waals surface area contributed by atoms with Gasteiger partial charge in [0.05, 0.1) is 14.2 Å². The number of ether oxygens (including phenoxy) is 2. The van der Waals surface area contributed by atoms with E-state index in [-0.39, 0.29) is 0 Å². The SMILES string of the molecule is COc1cc(NCc2cc(C)c(O)c(C)c2)cc(OC)c1. The Labute approximate surface area is 125 Å². The van der Waals surface area contributed by atoms with Crippen LogP contribution in [0.1, 0.15) is 16.7 Å². The van der Waals surface area contributed by atoms with Crippen LogP contribution in [0.4, 0.5) is 5.69 Å². The average molecular weight is 287 g/mol. The van der Waals surface area contributed by atoms with Crippen LogP contribution in [0.2, 0.25) is 0 Å². The van der Waals surface area contributed by atoms with Gasteiger partial charge in [-0.05, 0) is 30.5 Å². The molecule has 0 atom stereocenters. The molecule has 0 aliphatic heterocycles. The molecule has 0 aliphatic carbocycles. The predicted molar refractivity (Wildman–Crippen MR) is 84.5 cm³/mol. The zero-order chi connectivity index (χ0) is 15.4. The minimum atomic E-state index is 0.363. The minimum absolute atomic E-state index is 0.363. The maximum atomic E-state index is 9.80. The van der Waals surface area contributed by atoms with Gasteiger partial charge in [-0.25, -0.2) is 0 Å². The fraction of sp³-hybridized carbons (Fsp3) is 0.294. The Hall–Kier alpha value is -2.36. The third kappa shape index (κ3) is 3.60. The summed E-state index contributed by atoms with van der Waals surface area (Å²) in [6.45, 7) is 4.47. The summed E-state index contributed by atoms with van der Waals surface area (Å²) in [5.41, 5.74) is 3.81. The summed E-state index contributed by atoms with van der Waals surface area (Å²) in [5, 5.41) is 13.1. The quantitative estimate of drug-likeness (QED) is 0.881. The molecule has 0 unspecified atom stereocenters. The van der Waals surface area contributed by atoms with Gasteiger partial charge in [0.2, 0.25) is 0 Å². The normalized spacial score (nSPS) is 10.3. The van der Waals surface area contributed by atoms with Crippen LogP contribution in [0.3, 0.4) is 0 Å². The van der Waals surface area contributed by atoms with Crippen LogP contribution in [-0.2, 0) is 6.54 Å². The number of aromatic hydroxyl groups is 1. The Balaban J connectivity index is 2.16. The number of nitrogens with one attached hydrogen (secondary N) is 1. The Kier molecular flexibility index (Phi) is 4.58. The summed E-state index contributed by atoms with van der Waals surface area (Å²) in [5.74, 6) is 1.85. The van der Waals surface area contributed by atoms with Crippen molar-refractivity contribution in [2.24, 2.45) is 0 Å². The Morgan fingerprint density at radius 3 is 1.90 bits per heavy atom. The van der Waals surface area contributed by atoms with Gasteiger partial charge in [0, 0.05) is 30.4 Å². The van der Waals surface area contributed by atoms with Crippen molar-refractivity contribution in [3.63, 3.8) is 0 Å². The maximum absolute atomic E-state index is 9.80. The summed E-state index contributed by atoms with van der Waals surface area (Å²) in [6, 6.07) is 9.63. The molecule has 2 aromatic carbocycles. The number of aryl methyl sites for hydroxylation is 2. The van der Waals surface area contributed by atoms with Crippen LogP contribution in [0.25, 0.3) is 0 Å². The lowest BCUT2D eigenvalue weighted by Gasteiger charge is -2.12. The number of hydrogen-bond acceptors (Lipinski definition) is 4. The first kappa shape index (κ1) is 15.0. The van der Waals surface area contributed by atoms with Gasteiger partial charge in [-0.15, -0.1) is 0 Å². The van der Waals surface area contributed by atoms with E-state index in [9.17, 15) is 5.11 Å². The van der Waals surface area contributed by atoms with Crippen LogP contribution >= 0.6 is 0 Å². The van der Waals surface area contributed by atoms with E-state index in [1.165, 1.54) is 0 Å². The lowest BCUT2D eigenvalue weighted by Crippen LogP contribution is -2.01. The van der Waals surface area contributed by atoms with Crippen molar-refractivity contribution < 1.29 is 14.6 Å². The van der Waals surface area contributed by atoms with E-state index >= 15 is 0 Å². The molecule has 0 bridgehead atoms. The number of anilines is 1. The molecule has 4 heteroatoms. The molecule has 4 nitrogen and oxygen atoms in total. The molecular formula is C17H21NO3. The van der Waals surface area contributed by atoms with Crippen molar-refractivity contribution in [1.29, 1.82) is 0 Å². The zero-order valence-electron chi connectivity index (χ0n) is 12.9. The van der Waals surface area contributed by atoms with Gasteiger partial charge in [0.1, 0.15) is 17.2 Å². The van der Waals surface area contributed by atoms with Crippen LogP contribution in [0.15, 0.2) is 30.3 Å². The van der Waals surface area contributed by atoms with Gasteiger partial charge in [-0.2, -0.15) is 0 Å². The molecule has 2 aromatic rings. The van der Waals surface area contributed by atoms with E-state index in [0.29, 0.717) is 12.3 Å². The Morgan fingerprint density at radius 1 is 0.905 bits per heavy atom. The number of phenolic OH excluding ortho intramolecular Hbond substituents is 1. The average Bonchev–Trinajstić information content (AvgIpc) is 2.49. The van der Waals surface area contributed by atoms with Crippen molar-refractivity contribution in [2.75, 3.05) is 19.5 Å². The second kappa shape index (κ2) is 6.39. The molecular weight excluding hydrogens is 266 g/mol. The lowest BCUT2D eigenvalue weighted by atomic mass is 10.1. The topological polar surface area (TPSA) is 50.7 Å². The van der Waals surface area contributed by atoms with E-state index in [1.54, 1.807) is 14.2 Å². The minimum Gasteiger partial charge on any atom is -0.507 e. The molecule has 0 saturated carbocycles.